The fourth-order valence-electron chi connectivity index (χ4n) is 15.2. The molecule has 6 heterocycles. The molecule has 24 heteroatoms. The summed E-state index contributed by atoms with van der Waals surface area (Å²) in [4.78, 5) is 141. The van der Waals surface area contributed by atoms with Gasteiger partial charge in [-0.1, -0.05) is 145 Å². The summed E-state index contributed by atoms with van der Waals surface area (Å²) in [6.07, 6.45) is 16.0. The summed E-state index contributed by atoms with van der Waals surface area (Å²) in [5.41, 5.74) is -5.90. The van der Waals surface area contributed by atoms with Gasteiger partial charge < -0.3 is 56.8 Å². The molecule has 0 aromatic heterocycles. The predicted molar refractivity (Wildman–Crippen MR) is 466 cm³/mol. The highest BCUT2D eigenvalue weighted by atomic mass is 16.6. The summed E-state index contributed by atoms with van der Waals surface area (Å²) in [7, 11) is 0. The molecule has 6 saturated carbocycles. The van der Waals surface area contributed by atoms with Gasteiger partial charge in [0.2, 0.25) is 0 Å². The molecule has 6 saturated heterocycles. The van der Waals surface area contributed by atoms with E-state index in [-0.39, 0.29) is 245 Å². The van der Waals surface area contributed by atoms with Crippen LogP contribution in [0.4, 0.5) is 0 Å². The minimum absolute atomic E-state index is 0. The van der Waals surface area contributed by atoms with Crippen LogP contribution in [0.25, 0.3) is 0 Å². The van der Waals surface area contributed by atoms with E-state index >= 15 is 0 Å². The molecule has 12 fully saturated rings. The second kappa shape index (κ2) is 47.3. The molecule has 0 aromatic rings. The van der Waals surface area contributed by atoms with Gasteiger partial charge in [-0.25, -0.2) is 0 Å². The van der Waals surface area contributed by atoms with Crippen molar-refractivity contribution in [2.45, 2.75) is 466 Å². The van der Waals surface area contributed by atoms with Gasteiger partial charge in [-0.15, -0.1) is 0 Å². The maximum Gasteiger partial charge on any atom is 0.312 e. The maximum atomic E-state index is 12.3. The van der Waals surface area contributed by atoms with Crippen molar-refractivity contribution in [3.63, 3.8) is 0 Å². The van der Waals surface area contributed by atoms with Crippen molar-refractivity contribution in [1.82, 2.24) is 0 Å². The third-order valence-corrected chi connectivity index (χ3v) is 26.5. The average molecular weight is 1690 g/mol. The topological polar surface area (TPSA) is 316 Å². The summed E-state index contributed by atoms with van der Waals surface area (Å²) in [5.74, 6) is -2.05. The van der Waals surface area contributed by atoms with Crippen molar-refractivity contribution >= 4 is 71.6 Å². The first-order chi connectivity index (χ1) is 49.1. The van der Waals surface area contributed by atoms with Crippen LogP contribution in [-0.2, 0) is 114 Å². The number of carbonyl (C=O) groups excluding carboxylic acids is 12. The van der Waals surface area contributed by atoms with Gasteiger partial charge >= 0.3 is 71.6 Å². The van der Waals surface area contributed by atoms with E-state index in [0.717, 1.165) is 103 Å². The molecule has 12 bridgehead atoms. The Bertz CT molecular complexity index is 3260. The lowest BCUT2D eigenvalue weighted by Gasteiger charge is -2.45. The van der Waals surface area contributed by atoms with E-state index in [0.29, 0.717) is 51.4 Å². The lowest BCUT2D eigenvalue weighted by atomic mass is 9.71. The summed E-state index contributed by atoms with van der Waals surface area (Å²) in [6, 6.07) is 0. The Labute approximate surface area is 717 Å². The normalized spacial score (nSPS) is 32.3. The fraction of sp³-hybridized carbons (Fsp3) is 0.872. The molecule has 0 spiro atoms. The Morgan fingerprint density at radius 1 is 0.364 bits per heavy atom. The van der Waals surface area contributed by atoms with Crippen LogP contribution < -0.4 is 0 Å². The van der Waals surface area contributed by atoms with E-state index in [4.69, 9.17) is 56.8 Å². The first kappa shape index (κ1) is 122. The van der Waals surface area contributed by atoms with Crippen molar-refractivity contribution < 1.29 is 114 Å². The van der Waals surface area contributed by atoms with Crippen LogP contribution in [0.3, 0.4) is 0 Å². The first-order valence-electron chi connectivity index (χ1n) is 39.7. The second-order valence-corrected chi connectivity index (χ2v) is 36.1. The largest absolute Gasteiger partial charge is 0.458 e. The van der Waals surface area contributed by atoms with Crippen LogP contribution in [0, 0.1) is 69.0 Å². The molecule has 0 aromatic carbocycles. The first-order valence-corrected chi connectivity index (χ1v) is 39.7. The monoisotopic (exact) mass is 1690 g/mol. The Kier molecular flexibility index (Phi) is 49.1. The summed E-state index contributed by atoms with van der Waals surface area (Å²) < 4.78 is 65.9. The fourth-order valence-corrected chi connectivity index (χ4v) is 15.2. The van der Waals surface area contributed by atoms with Crippen LogP contribution in [0.1, 0.15) is 396 Å². The van der Waals surface area contributed by atoms with Gasteiger partial charge in [0, 0.05) is 38.5 Å². The molecule has 0 radical (unpaired) electrons. The minimum Gasteiger partial charge on any atom is -0.458 e. The van der Waals surface area contributed by atoms with Gasteiger partial charge in [-0.3, -0.25) is 57.5 Å². The number of fused-ring (bicyclic) bond motifs is 12. The third kappa shape index (κ3) is 27.3. The molecular formula is C94H176O24. The lowest BCUT2D eigenvalue weighted by molar-refractivity contribution is -0.204. The third-order valence-electron chi connectivity index (χ3n) is 26.5. The average Bonchev–Trinajstić information content (AvgIpc) is 1.58. The molecule has 12 aliphatic rings. The zero-order valence-electron chi connectivity index (χ0n) is 67.9. The zero-order valence-corrected chi connectivity index (χ0v) is 67.9. The molecular weight excluding hydrogens is 1510 g/mol. The number of hydrogen-bond acceptors (Lipinski definition) is 24. The minimum atomic E-state index is -0.709. The standard InChI is InChI=1S/C15H24O4.3C14H22O4.C13H20O4.C12H18O4.12CH4/c1-6-13(2,3)12(17)19-14(4)8-7-10-9-15(14,5)18-11(10)16;1-5-13(2,3)12(16)18-14(4)7-6-9-8-10(14)17-11(9)15;1-5-13(2,3)12(16)17-10-7-6-9-8-14(10,4)18-11(9)15;1-5-9(2)11(15)17-13(3)7-6-10-8-14(13,4)18-12(10)16;1-4-13(2,3)12(15)17-9-6-5-8-7-10(9)16-11(8)14;1-3-7(2)11(13)15-9-5-4-8-6-10(9)16-12(8)14;;;;;;;;;;;;/h10H,6-9H2,1-5H3;3*9-10H,5-8H2,1-4H3;8-10H,4-7H2,1-3H3;7-10H,3-6H2,1-2H3;12*1H4. The van der Waals surface area contributed by atoms with Crippen molar-refractivity contribution in [3.05, 3.63) is 0 Å². The Morgan fingerprint density at radius 2 is 0.703 bits per heavy atom. The molecule has 12 rings (SSSR count). The molecule has 24 nitrogen and oxygen atoms in total. The molecule has 6 aliphatic heterocycles. The zero-order chi connectivity index (χ0) is 79.5. The number of hydrogen-bond donors (Lipinski definition) is 0. The Hall–Kier alpha value is -6.36. The van der Waals surface area contributed by atoms with Crippen LogP contribution in [0.2, 0.25) is 0 Å². The van der Waals surface area contributed by atoms with Gasteiger partial charge in [0.15, 0.2) is 0 Å². The van der Waals surface area contributed by atoms with Crippen LogP contribution in [0.15, 0.2) is 0 Å². The summed E-state index contributed by atoms with van der Waals surface area (Å²) >= 11 is 0. The molecule has 20 unspecified atom stereocenters. The summed E-state index contributed by atoms with van der Waals surface area (Å²) in [5, 5.41) is 0. The number of esters is 12. The SMILES string of the molecule is C.C.C.C.C.C.C.C.C.C.C.C.CCC(C)(C)C(=O)OC1(C)CCC2CC1(C)OC2=O.CCC(C)(C)C(=O)OC1(C)CCC2CC1OC2=O.CCC(C)(C)C(=O)OC1CCC2CC1(C)OC2=O.CCC(C)(C)C(=O)OC1CCC2CC1OC2=O.CCC(C)C(=O)OC1(C)CCC2CC1(C)OC2=O.CCC(C)C(=O)OC1CCC2CC1OC2=O. The van der Waals surface area contributed by atoms with Gasteiger partial charge in [-0.2, -0.15) is 0 Å². The number of rotatable bonds is 18. The van der Waals surface area contributed by atoms with Crippen LogP contribution in [0.5, 0.6) is 0 Å². The van der Waals surface area contributed by atoms with Gasteiger partial charge in [0.05, 0.1) is 69.0 Å². The maximum absolute atomic E-state index is 12.3. The van der Waals surface area contributed by atoms with E-state index < -0.39 is 55.3 Å². The van der Waals surface area contributed by atoms with E-state index in [1.54, 1.807) is 0 Å². The molecule has 696 valence electrons. The molecule has 0 N–H and O–H groups in total. The second-order valence-electron chi connectivity index (χ2n) is 36.1. The highest BCUT2D eigenvalue weighted by Gasteiger charge is 2.63. The van der Waals surface area contributed by atoms with Crippen molar-refractivity contribution in [1.29, 1.82) is 0 Å². The smallest absolute Gasteiger partial charge is 0.312 e. The highest BCUT2D eigenvalue weighted by Crippen LogP contribution is 2.53. The molecule has 118 heavy (non-hydrogen) atoms. The molecule has 6 aliphatic carbocycles. The van der Waals surface area contributed by atoms with Gasteiger partial charge in [0.25, 0.3) is 0 Å². The van der Waals surface area contributed by atoms with E-state index in [2.05, 4.69) is 0 Å². The van der Waals surface area contributed by atoms with E-state index in [9.17, 15) is 57.5 Å². The quantitative estimate of drug-likeness (QED) is 0.0909. The number of ether oxygens (including phenoxy) is 12. The lowest BCUT2D eigenvalue weighted by Crippen LogP contribution is -2.55. The van der Waals surface area contributed by atoms with Crippen molar-refractivity contribution in [2.75, 3.05) is 0 Å². The van der Waals surface area contributed by atoms with Crippen LogP contribution >= 0.6 is 0 Å². The van der Waals surface area contributed by atoms with E-state index in [1.165, 1.54) is 0 Å². The number of carbonyl (C=O) groups is 12. The van der Waals surface area contributed by atoms with Gasteiger partial charge in [0.1, 0.15) is 70.2 Å². The Morgan fingerprint density at radius 3 is 1.13 bits per heavy atom. The highest BCUT2D eigenvalue weighted by molar-refractivity contribution is 5.82. The Balaban J connectivity index is -0.000000313. The van der Waals surface area contributed by atoms with Crippen LogP contribution in [-0.4, -0.2) is 142 Å². The van der Waals surface area contributed by atoms with Crippen molar-refractivity contribution in [2.24, 2.45) is 69.0 Å². The van der Waals surface area contributed by atoms with E-state index in [1.807, 2.05) is 152 Å². The summed E-state index contributed by atoms with van der Waals surface area (Å²) in [6.45, 7) is 41.9. The van der Waals surface area contributed by atoms with Crippen molar-refractivity contribution in [3.8, 4) is 0 Å². The van der Waals surface area contributed by atoms with Gasteiger partial charge in [-0.05, 0) is 213 Å². The predicted octanol–water partition coefficient (Wildman–Crippen LogP) is 21.6. The molecule has 0 amide bonds. The molecule has 20 atom stereocenters.